The fraction of sp³-hybridized carbons (Fsp3) is 0.625. The summed E-state index contributed by atoms with van der Waals surface area (Å²) < 4.78 is 1.19. The largest absolute Gasteiger partial charge is 0.296 e. The molecule has 0 saturated heterocycles. The van der Waals surface area contributed by atoms with Crippen molar-refractivity contribution in [1.29, 1.82) is 0 Å². The highest BCUT2D eigenvalue weighted by atomic mass is 79.9. The van der Waals surface area contributed by atoms with Gasteiger partial charge in [0, 0.05) is 23.6 Å². The van der Waals surface area contributed by atoms with Gasteiger partial charge >= 0.3 is 0 Å². The van der Waals surface area contributed by atoms with Gasteiger partial charge in [0.05, 0.1) is 0 Å². The van der Waals surface area contributed by atoms with E-state index in [1.165, 1.54) is 42.3 Å². The van der Waals surface area contributed by atoms with E-state index in [4.69, 9.17) is 0 Å². The highest BCUT2D eigenvalue weighted by molar-refractivity contribution is 9.10. The van der Waals surface area contributed by atoms with Gasteiger partial charge in [0.1, 0.15) is 0 Å². The standard InChI is InChI=1S/C16H24BrN/c1-13(2)11-18(16-8-3-4-9-16)12-14-6-5-7-15(17)10-14/h5-7,10,13,16H,3-4,8-9,11-12H2,1-2H3. The summed E-state index contributed by atoms with van der Waals surface area (Å²) in [5.74, 6) is 0.748. The Kier molecular flexibility index (Phi) is 5.25. The van der Waals surface area contributed by atoms with Crippen LogP contribution in [0.25, 0.3) is 0 Å². The van der Waals surface area contributed by atoms with Crippen LogP contribution in [0.5, 0.6) is 0 Å². The van der Waals surface area contributed by atoms with Crippen molar-refractivity contribution in [3.05, 3.63) is 34.3 Å². The van der Waals surface area contributed by atoms with E-state index in [1.807, 2.05) is 0 Å². The van der Waals surface area contributed by atoms with Crippen LogP contribution in [0.15, 0.2) is 28.7 Å². The first-order valence-electron chi connectivity index (χ1n) is 7.13. The molecule has 18 heavy (non-hydrogen) atoms. The third-order valence-corrected chi connectivity index (χ3v) is 4.21. The van der Waals surface area contributed by atoms with E-state index in [1.54, 1.807) is 0 Å². The summed E-state index contributed by atoms with van der Waals surface area (Å²) in [6, 6.07) is 9.55. The monoisotopic (exact) mass is 309 g/mol. The van der Waals surface area contributed by atoms with E-state index in [-0.39, 0.29) is 0 Å². The highest BCUT2D eigenvalue weighted by Crippen LogP contribution is 2.26. The van der Waals surface area contributed by atoms with E-state index >= 15 is 0 Å². The molecule has 0 spiro atoms. The van der Waals surface area contributed by atoms with Gasteiger partial charge in [-0.3, -0.25) is 4.90 Å². The lowest BCUT2D eigenvalue weighted by atomic mass is 10.1. The van der Waals surface area contributed by atoms with Crippen molar-refractivity contribution in [3.8, 4) is 0 Å². The lowest BCUT2D eigenvalue weighted by molar-refractivity contribution is 0.168. The smallest absolute Gasteiger partial charge is 0.0237 e. The summed E-state index contributed by atoms with van der Waals surface area (Å²) in [5, 5.41) is 0. The van der Waals surface area contributed by atoms with E-state index in [9.17, 15) is 0 Å². The molecule has 0 N–H and O–H groups in total. The number of hydrogen-bond donors (Lipinski definition) is 0. The van der Waals surface area contributed by atoms with E-state index in [0.29, 0.717) is 0 Å². The van der Waals surface area contributed by atoms with Crippen LogP contribution in [0.2, 0.25) is 0 Å². The van der Waals surface area contributed by atoms with Crippen molar-refractivity contribution in [2.24, 2.45) is 5.92 Å². The van der Waals surface area contributed by atoms with E-state index in [2.05, 4.69) is 58.9 Å². The maximum Gasteiger partial charge on any atom is 0.0237 e. The average molecular weight is 310 g/mol. The Labute approximate surface area is 120 Å². The zero-order chi connectivity index (χ0) is 13.0. The molecule has 1 nitrogen and oxygen atoms in total. The third-order valence-electron chi connectivity index (χ3n) is 3.72. The Morgan fingerprint density at radius 2 is 2.00 bits per heavy atom. The summed E-state index contributed by atoms with van der Waals surface area (Å²) in [6.07, 6.45) is 5.61. The zero-order valence-electron chi connectivity index (χ0n) is 11.5. The molecule has 0 heterocycles. The van der Waals surface area contributed by atoms with Gasteiger partial charge in [0.2, 0.25) is 0 Å². The van der Waals surface area contributed by atoms with Gasteiger partial charge in [-0.2, -0.15) is 0 Å². The summed E-state index contributed by atoms with van der Waals surface area (Å²) in [4.78, 5) is 2.69. The average Bonchev–Trinajstić information content (AvgIpc) is 2.80. The first-order valence-corrected chi connectivity index (χ1v) is 7.93. The van der Waals surface area contributed by atoms with Gasteiger partial charge < -0.3 is 0 Å². The minimum Gasteiger partial charge on any atom is -0.296 e. The Morgan fingerprint density at radius 3 is 2.61 bits per heavy atom. The summed E-state index contributed by atoms with van der Waals surface area (Å²) in [7, 11) is 0. The van der Waals surface area contributed by atoms with E-state index in [0.717, 1.165) is 18.5 Å². The van der Waals surface area contributed by atoms with Gasteiger partial charge in [-0.25, -0.2) is 0 Å². The van der Waals surface area contributed by atoms with Crippen molar-refractivity contribution in [2.45, 2.75) is 52.1 Å². The number of halogens is 1. The molecule has 1 aromatic rings. The molecule has 0 aromatic heterocycles. The van der Waals surface area contributed by atoms with E-state index < -0.39 is 0 Å². The molecule has 100 valence electrons. The number of rotatable bonds is 5. The summed E-state index contributed by atoms with van der Waals surface area (Å²) in [6.45, 7) is 6.96. The minimum atomic E-state index is 0.748. The predicted octanol–water partition coefficient (Wildman–Crippen LogP) is 4.85. The molecule has 0 unspecified atom stereocenters. The fourth-order valence-corrected chi connectivity index (χ4v) is 3.40. The van der Waals surface area contributed by atoms with Crippen LogP contribution in [0.1, 0.15) is 45.1 Å². The maximum absolute atomic E-state index is 3.57. The second kappa shape index (κ2) is 6.72. The molecule has 1 aliphatic rings. The Morgan fingerprint density at radius 1 is 1.28 bits per heavy atom. The second-order valence-corrected chi connectivity index (χ2v) is 6.81. The van der Waals surface area contributed by atoms with Gasteiger partial charge in [-0.15, -0.1) is 0 Å². The molecule has 0 radical (unpaired) electrons. The molecule has 0 atom stereocenters. The van der Waals surface area contributed by atoms with Crippen LogP contribution in [0.4, 0.5) is 0 Å². The molecule has 0 bridgehead atoms. The van der Waals surface area contributed by atoms with Crippen LogP contribution in [0, 0.1) is 5.92 Å². The number of hydrogen-bond acceptors (Lipinski definition) is 1. The van der Waals surface area contributed by atoms with Crippen molar-refractivity contribution >= 4 is 15.9 Å². The molecule has 2 heteroatoms. The Balaban J connectivity index is 2.04. The molecule has 1 fully saturated rings. The minimum absolute atomic E-state index is 0.748. The van der Waals surface area contributed by atoms with Crippen molar-refractivity contribution in [2.75, 3.05) is 6.54 Å². The number of benzene rings is 1. The summed E-state index contributed by atoms with van der Waals surface area (Å²) in [5.41, 5.74) is 1.43. The zero-order valence-corrected chi connectivity index (χ0v) is 13.1. The van der Waals surface area contributed by atoms with Gasteiger partial charge in [0.25, 0.3) is 0 Å². The van der Waals surface area contributed by atoms with Crippen LogP contribution in [-0.4, -0.2) is 17.5 Å². The van der Waals surface area contributed by atoms with Crippen molar-refractivity contribution in [3.63, 3.8) is 0 Å². The summed E-state index contributed by atoms with van der Waals surface area (Å²) >= 11 is 3.57. The van der Waals surface area contributed by atoms with Gasteiger partial charge in [-0.05, 0) is 36.5 Å². The molecule has 1 aromatic carbocycles. The molecule has 0 amide bonds. The molecule has 1 saturated carbocycles. The SMILES string of the molecule is CC(C)CN(Cc1cccc(Br)c1)C1CCCC1. The third kappa shape index (κ3) is 4.10. The molecule has 1 aliphatic carbocycles. The first kappa shape index (κ1) is 14.1. The second-order valence-electron chi connectivity index (χ2n) is 5.89. The molecular weight excluding hydrogens is 286 g/mol. The van der Waals surface area contributed by atoms with Gasteiger partial charge in [-0.1, -0.05) is 54.8 Å². The molecular formula is C16H24BrN. The fourth-order valence-electron chi connectivity index (χ4n) is 2.95. The quantitative estimate of drug-likeness (QED) is 0.751. The molecule has 2 rings (SSSR count). The van der Waals surface area contributed by atoms with Crippen molar-refractivity contribution < 1.29 is 0 Å². The lowest BCUT2D eigenvalue weighted by Gasteiger charge is -2.30. The van der Waals surface area contributed by atoms with Crippen molar-refractivity contribution in [1.82, 2.24) is 4.90 Å². The van der Waals surface area contributed by atoms with Crippen LogP contribution < -0.4 is 0 Å². The van der Waals surface area contributed by atoms with Crippen LogP contribution in [-0.2, 0) is 6.54 Å². The Hall–Kier alpha value is -0.340. The normalized spacial score (nSPS) is 16.9. The highest BCUT2D eigenvalue weighted by Gasteiger charge is 2.23. The predicted molar refractivity (Wildman–Crippen MR) is 81.6 cm³/mol. The number of nitrogens with zero attached hydrogens (tertiary/aromatic N) is 1. The topological polar surface area (TPSA) is 3.24 Å². The lowest BCUT2D eigenvalue weighted by Crippen LogP contribution is -2.35. The maximum atomic E-state index is 3.57. The first-order chi connectivity index (χ1) is 8.65. The van der Waals surface area contributed by atoms with Gasteiger partial charge in [0.15, 0.2) is 0 Å². The molecule has 0 aliphatic heterocycles. The Bertz CT molecular complexity index is 369. The van der Waals surface area contributed by atoms with Crippen LogP contribution in [0.3, 0.4) is 0 Å². The van der Waals surface area contributed by atoms with Crippen LogP contribution >= 0.6 is 15.9 Å².